The molecule has 5 heteroatoms. The summed E-state index contributed by atoms with van der Waals surface area (Å²) < 4.78 is 10.9. The molecule has 0 aliphatic heterocycles. The van der Waals surface area contributed by atoms with Crippen molar-refractivity contribution in [2.24, 2.45) is 0 Å². The van der Waals surface area contributed by atoms with Gasteiger partial charge in [0, 0.05) is 31.3 Å². The molecule has 2 aromatic carbocycles. The minimum atomic E-state index is -0.981. The molecule has 0 saturated heterocycles. The second-order valence-electron chi connectivity index (χ2n) is 5.76. The summed E-state index contributed by atoms with van der Waals surface area (Å²) in [5.74, 6) is -0.212. The quantitative estimate of drug-likeness (QED) is 0.565. The number of esters is 1. The number of carbonyl (C=O) groups excluding carboxylic acids is 2. The molecule has 0 spiro atoms. The van der Waals surface area contributed by atoms with Crippen LogP contribution >= 0.6 is 0 Å². The van der Waals surface area contributed by atoms with Gasteiger partial charge in [-0.05, 0) is 19.1 Å². The number of carbonyl (C=O) groups is 2. The van der Waals surface area contributed by atoms with Crippen LogP contribution in [0.5, 0.6) is 5.75 Å². The number of amides is 1. The largest absolute Gasteiger partial charge is 0.493 e. The maximum Gasteiger partial charge on any atom is 0.331 e. The molecule has 0 aliphatic rings. The summed E-state index contributed by atoms with van der Waals surface area (Å²) in [6.07, 6.45) is 1.94. The summed E-state index contributed by atoms with van der Waals surface area (Å²) in [5.41, 5.74) is 1.39. The number of benzene rings is 2. The van der Waals surface area contributed by atoms with Crippen molar-refractivity contribution in [2.75, 3.05) is 20.7 Å². The lowest BCUT2D eigenvalue weighted by Crippen LogP contribution is -2.30. The molecule has 0 N–H and O–H groups in total. The first-order valence-electron chi connectivity index (χ1n) is 8.39. The molecule has 2 aromatic rings. The Morgan fingerprint density at radius 1 is 1.04 bits per heavy atom. The fraction of sp³-hybridized carbons (Fsp3) is 0.238. The molecule has 5 nitrogen and oxygen atoms in total. The van der Waals surface area contributed by atoms with Crippen LogP contribution in [-0.2, 0) is 14.3 Å². The van der Waals surface area contributed by atoms with Crippen molar-refractivity contribution in [3.05, 3.63) is 71.8 Å². The van der Waals surface area contributed by atoms with E-state index in [1.54, 1.807) is 44.4 Å². The zero-order chi connectivity index (χ0) is 18.9. The van der Waals surface area contributed by atoms with Gasteiger partial charge in [0.2, 0.25) is 6.10 Å². The van der Waals surface area contributed by atoms with Gasteiger partial charge in [-0.25, -0.2) is 4.79 Å². The van der Waals surface area contributed by atoms with Crippen LogP contribution in [-0.4, -0.2) is 37.5 Å². The Labute approximate surface area is 153 Å². The van der Waals surface area contributed by atoms with Crippen LogP contribution in [0.1, 0.15) is 24.2 Å². The van der Waals surface area contributed by atoms with Crippen LogP contribution in [0, 0.1) is 0 Å². The first-order valence-corrected chi connectivity index (χ1v) is 8.39. The lowest BCUT2D eigenvalue weighted by Gasteiger charge is -2.20. The van der Waals surface area contributed by atoms with Crippen molar-refractivity contribution < 1.29 is 19.1 Å². The number of hydrogen-bond acceptors (Lipinski definition) is 4. The molecule has 2 rings (SSSR count). The van der Waals surface area contributed by atoms with Gasteiger partial charge in [0.05, 0.1) is 6.61 Å². The lowest BCUT2D eigenvalue weighted by molar-refractivity contribution is -0.155. The van der Waals surface area contributed by atoms with E-state index >= 15 is 0 Å². The van der Waals surface area contributed by atoms with E-state index in [0.717, 1.165) is 5.56 Å². The minimum absolute atomic E-state index is 0.298. The van der Waals surface area contributed by atoms with Gasteiger partial charge < -0.3 is 14.4 Å². The van der Waals surface area contributed by atoms with E-state index in [1.165, 1.54) is 11.0 Å². The standard InChI is InChI=1S/C21H23NO4/c1-4-25-18-13-9-8-10-16(18)14-15-19(23)26-20(21(24)22(2)3)17-11-6-5-7-12-17/h5-15,20H,4H2,1-3H3/b15-14+/t20-/m0/s1. The fourth-order valence-electron chi connectivity index (χ4n) is 2.34. The van der Waals surface area contributed by atoms with Gasteiger partial charge in [0.15, 0.2) is 0 Å². The van der Waals surface area contributed by atoms with Crippen molar-refractivity contribution in [3.63, 3.8) is 0 Å². The topological polar surface area (TPSA) is 55.8 Å². The third kappa shape index (κ3) is 5.21. The van der Waals surface area contributed by atoms with Crippen molar-refractivity contribution in [2.45, 2.75) is 13.0 Å². The van der Waals surface area contributed by atoms with Crippen LogP contribution in [0.15, 0.2) is 60.7 Å². The molecule has 0 aromatic heterocycles. The molecule has 0 saturated carbocycles. The van der Waals surface area contributed by atoms with Crippen molar-refractivity contribution in [1.82, 2.24) is 4.90 Å². The second kappa shape index (κ2) is 9.42. The van der Waals surface area contributed by atoms with Crippen molar-refractivity contribution >= 4 is 18.0 Å². The summed E-state index contributed by atoms with van der Waals surface area (Å²) >= 11 is 0. The van der Waals surface area contributed by atoms with E-state index in [9.17, 15) is 9.59 Å². The molecule has 1 amide bonds. The van der Waals surface area contributed by atoms with Crippen LogP contribution in [0.2, 0.25) is 0 Å². The molecule has 26 heavy (non-hydrogen) atoms. The van der Waals surface area contributed by atoms with Gasteiger partial charge in [-0.1, -0.05) is 48.5 Å². The van der Waals surface area contributed by atoms with E-state index in [2.05, 4.69) is 0 Å². The van der Waals surface area contributed by atoms with Gasteiger partial charge in [-0.15, -0.1) is 0 Å². The Hall–Kier alpha value is -3.08. The summed E-state index contributed by atoms with van der Waals surface area (Å²) in [5, 5.41) is 0. The highest BCUT2D eigenvalue weighted by Crippen LogP contribution is 2.22. The number of likely N-dealkylation sites (N-methyl/N-ethyl adjacent to an activating group) is 1. The molecule has 0 radical (unpaired) electrons. The molecule has 0 unspecified atom stereocenters. The third-order valence-corrected chi connectivity index (χ3v) is 3.62. The third-order valence-electron chi connectivity index (χ3n) is 3.62. The van der Waals surface area contributed by atoms with E-state index < -0.39 is 12.1 Å². The Kier molecular flexibility index (Phi) is 6.97. The summed E-state index contributed by atoms with van der Waals surface area (Å²) in [6, 6.07) is 16.3. The predicted molar refractivity (Wildman–Crippen MR) is 101 cm³/mol. The highest BCUT2D eigenvalue weighted by atomic mass is 16.5. The van der Waals surface area contributed by atoms with E-state index in [0.29, 0.717) is 17.9 Å². The molecule has 0 aliphatic carbocycles. The van der Waals surface area contributed by atoms with Gasteiger partial charge in [0.1, 0.15) is 5.75 Å². The summed E-state index contributed by atoms with van der Waals surface area (Å²) in [4.78, 5) is 26.1. The summed E-state index contributed by atoms with van der Waals surface area (Å²) in [7, 11) is 3.25. The first kappa shape index (κ1) is 19.2. The Balaban J connectivity index is 2.16. The SMILES string of the molecule is CCOc1ccccc1/C=C/C(=O)O[C@H](C(=O)N(C)C)c1ccccc1. The van der Waals surface area contributed by atoms with E-state index in [-0.39, 0.29) is 5.91 Å². The van der Waals surface area contributed by atoms with E-state index in [1.807, 2.05) is 37.3 Å². The average Bonchev–Trinajstić information content (AvgIpc) is 2.65. The molecule has 1 atom stereocenters. The Bertz CT molecular complexity index is 769. The number of ether oxygens (including phenoxy) is 2. The summed E-state index contributed by atoms with van der Waals surface area (Å²) in [6.45, 7) is 2.43. The second-order valence-corrected chi connectivity index (χ2v) is 5.76. The first-order chi connectivity index (χ1) is 12.5. The van der Waals surface area contributed by atoms with Crippen molar-refractivity contribution in [3.8, 4) is 5.75 Å². The lowest BCUT2D eigenvalue weighted by atomic mass is 10.1. The number of nitrogens with zero attached hydrogens (tertiary/aromatic N) is 1. The maximum absolute atomic E-state index is 12.4. The highest BCUT2D eigenvalue weighted by Gasteiger charge is 2.25. The molecule has 136 valence electrons. The van der Waals surface area contributed by atoms with Crippen LogP contribution in [0.4, 0.5) is 0 Å². The van der Waals surface area contributed by atoms with Crippen molar-refractivity contribution in [1.29, 1.82) is 0 Å². The monoisotopic (exact) mass is 353 g/mol. The molecular weight excluding hydrogens is 330 g/mol. The minimum Gasteiger partial charge on any atom is -0.493 e. The van der Waals surface area contributed by atoms with Crippen LogP contribution in [0.3, 0.4) is 0 Å². The smallest absolute Gasteiger partial charge is 0.331 e. The zero-order valence-electron chi connectivity index (χ0n) is 15.2. The zero-order valence-corrected chi connectivity index (χ0v) is 15.2. The molecule has 0 fully saturated rings. The predicted octanol–water partition coefficient (Wildman–Crippen LogP) is 3.47. The fourth-order valence-corrected chi connectivity index (χ4v) is 2.34. The normalized spacial score (nSPS) is 11.8. The van der Waals surface area contributed by atoms with Gasteiger partial charge in [-0.2, -0.15) is 0 Å². The molecular formula is C21H23NO4. The molecule has 0 heterocycles. The van der Waals surface area contributed by atoms with Crippen LogP contribution in [0.25, 0.3) is 6.08 Å². The van der Waals surface area contributed by atoms with Gasteiger partial charge >= 0.3 is 5.97 Å². The number of rotatable bonds is 7. The highest BCUT2D eigenvalue weighted by molar-refractivity contribution is 5.91. The number of hydrogen-bond donors (Lipinski definition) is 0. The van der Waals surface area contributed by atoms with Crippen LogP contribution < -0.4 is 4.74 Å². The van der Waals surface area contributed by atoms with Gasteiger partial charge in [-0.3, -0.25) is 4.79 Å². The maximum atomic E-state index is 12.4. The number of para-hydroxylation sites is 1. The van der Waals surface area contributed by atoms with E-state index in [4.69, 9.17) is 9.47 Å². The average molecular weight is 353 g/mol. The van der Waals surface area contributed by atoms with Gasteiger partial charge in [0.25, 0.3) is 5.91 Å². The Morgan fingerprint density at radius 3 is 2.35 bits per heavy atom. The molecule has 0 bridgehead atoms. The Morgan fingerprint density at radius 2 is 1.69 bits per heavy atom.